The molecule has 0 bridgehead atoms. The molecule has 2 amide bonds. The van der Waals surface area contributed by atoms with E-state index in [0.29, 0.717) is 34.1 Å². The lowest BCUT2D eigenvalue weighted by Crippen LogP contribution is -2.48. The van der Waals surface area contributed by atoms with Crippen molar-refractivity contribution in [2.45, 2.75) is 38.3 Å². The molecule has 0 saturated carbocycles. The Hall–Kier alpha value is -6.69. The number of nitrogens with one attached hydrogen (secondary N) is 1. The minimum absolute atomic E-state index is 0.0328. The molecule has 12 nitrogen and oxygen atoms in total. The van der Waals surface area contributed by atoms with Crippen molar-refractivity contribution in [3.8, 4) is 11.5 Å². The number of rotatable bonds is 16. The number of carbonyl (C=O) groups is 5. The van der Waals surface area contributed by atoms with Gasteiger partial charge in [0.25, 0.3) is 11.8 Å². The van der Waals surface area contributed by atoms with Crippen molar-refractivity contribution in [3.05, 3.63) is 138 Å². The Morgan fingerprint density at radius 1 is 0.889 bits per heavy atom. The van der Waals surface area contributed by atoms with Crippen LogP contribution < -0.4 is 14.8 Å². The second kappa shape index (κ2) is 16.8. The van der Waals surface area contributed by atoms with Gasteiger partial charge in [-0.05, 0) is 71.3 Å². The third-order valence-corrected chi connectivity index (χ3v) is 9.20. The molecule has 5 aromatic rings. The Bertz CT molecular complexity index is 2190. The molecule has 6 rings (SSSR count). The van der Waals surface area contributed by atoms with Crippen LogP contribution in [0.3, 0.4) is 0 Å². The minimum Gasteiger partial charge on any atom is -0.481 e. The highest BCUT2D eigenvalue weighted by atomic mass is 16.7. The van der Waals surface area contributed by atoms with Gasteiger partial charge in [0, 0.05) is 30.6 Å². The summed E-state index contributed by atoms with van der Waals surface area (Å²) in [6.07, 6.45) is 0.497. The molecule has 3 atom stereocenters. The van der Waals surface area contributed by atoms with Crippen LogP contribution in [0.5, 0.6) is 11.5 Å². The molecule has 0 fully saturated rings. The highest BCUT2D eigenvalue weighted by Crippen LogP contribution is 2.38. The Labute approximate surface area is 310 Å². The number of furan rings is 1. The maximum absolute atomic E-state index is 14.4. The number of nitrogens with zero attached hydrogens (tertiary/aromatic N) is 1. The number of fused-ring (bicyclic) bond motifs is 2. The monoisotopic (exact) mass is 730 g/mol. The molecule has 0 radical (unpaired) electrons. The highest BCUT2D eigenvalue weighted by Gasteiger charge is 2.40. The number of carboxylic acids is 1. The predicted molar refractivity (Wildman–Crippen MR) is 198 cm³/mol. The zero-order chi connectivity index (χ0) is 38.2. The second-order valence-corrected chi connectivity index (χ2v) is 12.8. The van der Waals surface area contributed by atoms with Crippen molar-refractivity contribution in [1.29, 1.82) is 0 Å². The highest BCUT2D eigenvalue weighted by molar-refractivity contribution is 6.40. The maximum atomic E-state index is 14.4. The summed E-state index contributed by atoms with van der Waals surface area (Å²) in [6, 6.07) is 30.1. The summed E-state index contributed by atoms with van der Waals surface area (Å²) in [5, 5.41) is 14.3. The van der Waals surface area contributed by atoms with Crippen LogP contribution in [0.2, 0.25) is 0 Å². The van der Waals surface area contributed by atoms with Crippen LogP contribution in [0, 0.1) is 5.92 Å². The standard InChI is InChI=1S/C42H38N2O10/c1-3-19-51-42(50)34(23-38(45)46)39(47)41(49)44(24-27-13-14-28-9-7-8-10-29(28)20-27)26(2)33(30-15-17-35-37(21-30)53-25-52-35)22-32-16-18-36(54-32)40(48)43-31-11-5-4-6-12-31/h3-18,20-21,26,33-34H,1,19,22-25H2,2H3,(H,43,48)(H,45,46). The van der Waals surface area contributed by atoms with Gasteiger partial charge in [-0.2, -0.15) is 0 Å². The Morgan fingerprint density at radius 2 is 1.63 bits per heavy atom. The minimum atomic E-state index is -1.89. The van der Waals surface area contributed by atoms with Crippen molar-refractivity contribution >= 4 is 46.0 Å². The van der Waals surface area contributed by atoms with Gasteiger partial charge >= 0.3 is 11.9 Å². The number of hydrogen-bond donors (Lipinski definition) is 2. The average molecular weight is 731 g/mol. The first kappa shape index (κ1) is 37.1. The maximum Gasteiger partial charge on any atom is 0.317 e. The van der Waals surface area contributed by atoms with Crippen LogP contribution in [-0.2, 0) is 36.9 Å². The van der Waals surface area contributed by atoms with Gasteiger partial charge in [-0.3, -0.25) is 24.0 Å². The molecule has 2 N–H and O–H groups in total. The molecular formula is C42H38N2O10. The molecule has 4 aromatic carbocycles. The quantitative estimate of drug-likeness (QED) is 0.0493. The third kappa shape index (κ3) is 8.67. The third-order valence-electron chi connectivity index (χ3n) is 9.20. The predicted octanol–water partition coefficient (Wildman–Crippen LogP) is 6.55. The molecule has 0 aliphatic carbocycles. The van der Waals surface area contributed by atoms with Crippen molar-refractivity contribution in [1.82, 2.24) is 4.90 Å². The average Bonchev–Trinajstić information content (AvgIpc) is 3.86. The first-order chi connectivity index (χ1) is 26.1. The first-order valence-electron chi connectivity index (χ1n) is 17.3. The largest absolute Gasteiger partial charge is 0.481 e. The van der Waals surface area contributed by atoms with Crippen molar-refractivity contribution in [3.63, 3.8) is 0 Å². The van der Waals surface area contributed by atoms with Crippen molar-refractivity contribution in [2.24, 2.45) is 5.92 Å². The van der Waals surface area contributed by atoms with E-state index < -0.39 is 53.8 Å². The van der Waals surface area contributed by atoms with Crippen LogP contribution in [-0.4, -0.2) is 59.0 Å². The van der Waals surface area contributed by atoms with E-state index in [2.05, 4.69) is 11.9 Å². The number of ketones is 1. The summed E-state index contributed by atoms with van der Waals surface area (Å²) in [5.41, 5.74) is 1.98. The molecule has 1 aromatic heterocycles. The number of anilines is 1. The van der Waals surface area contributed by atoms with E-state index in [1.165, 1.54) is 11.0 Å². The number of para-hydroxylation sites is 1. The molecule has 2 heterocycles. The first-order valence-corrected chi connectivity index (χ1v) is 17.3. The molecule has 276 valence electrons. The lowest BCUT2D eigenvalue weighted by Gasteiger charge is -2.35. The topological polar surface area (TPSA) is 162 Å². The fourth-order valence-corrected chi connectivity index (χ4v) is 6.39. The number of benzene rings is 4. The number of carbonyl (C=O) groups excluding carboxylic acids is 4. The van der Waals surface area contributed by atoms with Gasteiger partial charge in [0.1, 0.15) is 18.3 Å². The fourth-order valence-electron chi connectivity index (χ4n) is 6.39. The zero-order valence-electron chi connectivity index (χ0n) is 29.4. The van der Waals surface area contributed by atoms with E-state index in [4.69, 9.17) is 18.6 Å². The summed E-state index contributed by atoms with van der Waals surface area (Å²) in [5.74, 6) is -6.28. The van der Waals surface area contributed by atoms with Gasteiger partial charge in [-0.25, -0.2) is 0 Å². The smallest absolute Gasteiger partial charge is 0.317 e. The van der Waals surface area contributed by atoms with Gasteiger partial charge in [-0.15, -0.1) is 0 Å². The van der Waals surface area contributed by atoms with Crippen LogP contribution in [0.1, 0.15) is 46.7 Å². The Balaban J connectivity index is 1.38. The molecule has 1 aliphatic rings. The summed E-state index contributed by atoms with van der Waals surface area (Å²) < 4.78 is 22.3. The molecule has 1 aliphatic heterocycles. The zero-order valence-corrected chi connectivity index (χ0v) is 29.4. The van der Waals surface area contributed by atoms with E-state index >= 15 is 0 Å². The van der Waals surface area contributed by atoms with Gasteiger partial charge in [0.15, 0.2) is 17.3 Å². The molecule has 0 spiro atoms. The van der Waals surface area contributed by atoms with E-state index in [0.717, 1.165) is 10.8 Å². The molecule has 0 saturated heterocycles. The summed E-state index contributed by atoms with van der Waals surface area (Å²) in [7, 11) is 0. The number of hydrogen-bond acceptors (Lipinski definition) is 9. The van der Waals surface area contributed by atoms with Crippen molar-refractivity contribution in [2.75, 3.05) is 18.7 Å². The lowest BCUT2D eigenvalue weighted by atomic mass is 9.86. The summed E-state index contributed by atoms with van der Waals surface area (Å²) in [6.45, 7) is 4.94. The van der Waals surface area contributed by atoms with Crippen molar-refractivity contribution < 1.29 is 47.7 Å². The molecular weight excluding hydrogens is 692 g/mol. The van der Waals surface area contributed by atoms with Gasteiger partial charge in [-0.1, -0.05) is 73.3 Å². The molecule has 54 heavy (non-hydrogen) atoms. The van der Waals surface area contributed by atoms with Crippen LogP contribution in [0.4, 0.5) is 5.69 Å². The number of amides is 2. The summed E-state index contributed by atoms with van der Waals surface area (Å²) >= 11 is 0. The molecule has 12 heteroatoms. The van der Waals surface area contributed by atoms with E-state index in [1.807, 2.05) is 54.6 Å². The number of aliphatic carboxylic acids is 1. The normalized spacial score (nSPS) is 13.4. The Kier molecular flexibility index (Phi) is 11.5. The van der Waals surface area contributed by atoms with Gasteiger partial charge in [0.05, 0.1) is 6.42 Å². The lowest BCUT2D eigenvalue weighted by molar-refractivity contribution is -0.160. The van der Waals surface area contributed by atoms with Gasteiger partial charge < -0.3 is 34.0 Å². The Morgan fingerprint density at radius 3 is 2.39 bits per heavy atom. The molecule has 3 unspecified atom stereocenters. The second-order valence-electron chi connectivity index (χ2n) is 12.8. The van der Waals surface area contributed by atoms with Gasteiger partial charge in [0.2, 0.25) is 12.6 Å². The number of esters is 1. The van der Waals surface area contributed by atoms with Crippen LogP contribution in [0.25, 0.3) is 10.8 Å². The van der Waals surface area contributed by atoms with E-state index in [1.54, 1.807) is 55.5 Å². The SMILES string of the molecule is C=CCOC(=O)C(CC(=O)O)C(=O)C(=O)N(Cc1ccc2ccccc2c1)C(C)C(Cc1ccc(C(=O)Nc2ccccc2)o1)c1ccc2c(c1)OCO2. The van der Waals surface area contributed by atoms with E-state index in [9.17, 15) is 29.1 Å². The summed E-state index contributed by atoms with van der Waals surface area (Å²) in [4.78, 5) is 67.6. The van der Waals surface area contributed by atoms with Crippen LogP contribution >= 0.6 is 0 Å². The number of Topliss-reactive ketones (excluding diaryl/α,β-unsaturated/α-hetero) is 1. The number of carboxylic acid groups (broad SMARTS) is 1. The van der Waals surface area contributed by atoms with Crippen LogP contribution in [0.15, 0.2) is 120 Å². The number of ether oxygens (including phenoxy) is 3. The fraction of sp³-hybridized carbons (Fsp3) is 0.214. The van der Waals surface area contributed by atoms with E-state index in [-0.39, 0.29) is 32.1 Å².